The van der Waals surface area contributed by atoms with E-state index in [1.54, 1.807) is 0 Å². The Morgan fingerprint density at radius 3 is 2.31 bits per heavy atom. The fourth-order valence-electron chi connectivity index (χ4n) is 3.36. The summed E-state index contributed by atoms with van der Waals surface area (Å²) in [6.07, 6.45) is 0. The number of nitrogens with zero attached hydrogens (tertiary/aromatic N) is 1. The van der Waals surface area contributed by atoms with E-state index in [1.807, 2.05) is 57.2 Å². The molecule has 0 bridgehead atoms. The summed E-state index contributed by atoms with van der Waals surface area (Å²) in [6.45, 7) is 5.67. The van der Waals surface area contributed by atoms with Gasteiger partial charge in [0.2, 0.25) is 0 Å². The summed E-state index contributed by atoms with van der Waals surface area (Å²) in [4.78, 5) is 11.8. The molecular weight excluding hydrogens is 330 g/mol. The van der Waals surface area contributed by atoms with Gasteiger partial charge in [0.25, 0.3) is 0 Å². The van der Waals surface area contributed by atoms with Crippen LogP contribution in [-0.2, 0) is 0 Å². The van der Waals surface area contributed by atoms with Gasteiger partial charge in [-0.25, -0.2) is 4.79 Å². The average Bonchev–Trinajstić information content (AvgIpc) is 2.95. The lowest BCUT2D eigenvalue weighted by Crippen LogP contribution is -2.03. The van der Waals surface area contributed by atoms with Crippen molar-refractivity contribution in [1.29, 1.82) is 0 Å². The molecule has 0 amide bonds. The van der Waals surface area contributed by atoms with E-state index in [9.17, 15) is 10.0 Å². The molecule has 5 nitrogen and oxygen atoms in total. The third-order valence-corrected chi connectivity index (χ3v) is 4.73. The molecule has 0 aliphatic rings. The van der Waals surface area contributed by atoms with E-state index in [4.69, 9.17) is 8.83 Å². The standard InChI is InChI=1S/C21H17NO4/c1-11-9-17(23)25-19-13(3)20-16(10-15(11)19)12(2)21(26-20)18(22-24)14-7-5-4-6-8-14/h4-10,24H,1-3H3/b22-18+. The van der Waals surface area contributed by atoms with Crippen molar-refractivity contribution in [3.05, 3.63) is 80.9 Å². The molecule has 0 saturated heterocycles. The van der Waals surface area contributed by atoms with Crippen LogP contribution in [0.3, 0.4) is 0 Å². The van der Waals surface area contributed by atoms with Gasteiger partial charge in [-0.15, -0.1) is 0 Å². The topological polar surface area (TPSA) is 75.9 Å². The van der Waals surface area contributed by atoms with Crippen LogP contribution in [0, 0.1) is 20.8 Å². The van der Waals surface area contributed by atoms with Crippen molar-refractivity contribution < 1.29 is 14.0 Å². The fraction of sp³-hybridized carbons (Fsp3) is 0.143. The first-order valence-electron chi connectivity index (χ1n) is 8.26. The molecule has 0 saturated carbocycles. The Morgan fingerprint density at radius 1 is 0.923 bits per heavy atom. The van der Waals surface area contributed by atoms with E-state index in [0.29, 0.717) is 22.6 Å². The van der Waals surface area contributed by atoms with Gasteiger partial charge < -0.3 is 14.0 Å². The lowest BCUT2D eigenvalue weighted by molar-refractivity contribution is 0.318. The molecule has 0 aliphatic heterocycles. The second-order valence-corrected chi connectivity index (χ2v) is 6.37. The Hall–Kier alpha value is -3.34. The zero-order valence-corrected chi connectivity index (χ0v) is 14.7. The normalized spacial score (nSPS) is 12.2. The van der Waals surface area contributed by atoms with Crippen molar-refractivity contribution in [1.82, 2.24) is 0 Å². The van der Waals surface area contributed by atoms with E-state index >= 15 is 0 Å². The second kappa shape index (κ2) is 5.88. The highest BCUT2D eigenvalue weighted by Crippen LogP contribution is 2.35. The predicted molar refractivity (Wildman–Crippen MR) is 100 cm³/mol. The van der Waals surface area contributed by atoms with Gasteiger partial charge in [-0.2, -0.15) is 0 Å². The monoisotopic (exact) mass is 347 g/mol. The summed E-state index contributed by atoms with van der Waals surface area (Å²) in [6, 6.07) is 12.8. The highest BCUT2D eigenvalue weighted by molar-refractivity contribution is 6.14. The van der Waals surface area contributed by atoms with Crippen LogP contribution >= 0.6 is 0 Å². The van der Waals surface area contributed by atoms with Crippen molar-refractivity contribution in [3.8, 4) is 0 Å². The largest absolute Gasteiger partial charge is 0.454 e. The number of benzene rings is 2. The van der Waals surface area contributed by atoms with E-state index in [0.717, 1.165) is 33.0 Å². The number of hydrogen-bond donors (Lipinski definition) is 1. The summed E-state index contributed by atoms with van der Waals surface area (Å²) in [5, 5.41) is 14.8. The molecule has 2 heterocycles. The fourth-order valence-corrected chi connectivity index (χ4v) is 3.36. The van der Waals surface area contributed by atoms with E-state index in [1.165, 1.54) is 6.07 Å². The van der Waals surface area contributed by atoms with Crippen LogP contribution in [0.5, 0.6) is 0 Å². The van der Waals surface area contributed by atoms with Crippen LogP contribution in [0.2, 0.25) is 0 Å². The molecular formula is C21H17NO4. The van der Waals surface area contributed by atoms with Gasteiger partial charge in [-0.05, 0) is 32.4 Å². The predicted octanol–water partition coefficient (Wildman–Crippen LogP) is 4.69. The maximum atomic E-state index is 11.8. The van der Waals surface area contributed by atoms with Crippen LogP contribution < -0.4 is 5.63 Å². The summed E-state index contributed by atoms with van der Waals surface area (Å²) < 4.78 is 11.5. The quantitative estimate of drug-likeness (QED) is 0.247. The lowest BCUT2D eigenvalue weighted by atomic mass is 10.0. The van der Waals surface area contributed by atoms with Crippen molar-refractivity contribution in [2.45, 2.75) is 20.8 Å². The number of aryl methyl sites for hydroxylation is 3. The first-order chi connectivity index (χ1) is 12.5. The zero-order valence-electron chi connectivity index (χ0n) is 14.7. The van der Waals surface area contributed by atoms with Crippen LogP contribution in [0.4, 0.5) is 0 Å². The highest BCUT2D eigenvalue weighted by Gasteiger charge is 2.21. The van der Waals surface area contributed by atoms with Crippen molar-refractivity contribution in [2.75, 3.05) is 0 Å². The van der Waals surface area contributed by atoms with Crippen LogP contribution in [-0.4, -0.2) is 10.9 Å². The molecule has 5 heteroatoms. The van der Waals surface area contributed by atoms with Crippen LogP contribution in [0.1, 0.15) is 28.0 Å². The Kier molecular flexibility index (Phi) is 3.65. The second-order valence-electron chi connectivity index (χ2n) is 6.37. The molecule has 2 aromatic heterocycles. The number of fused-ring (bicyclic) bond motifs is 2. The van der Waals surface area contributed by atoms with E-state index in [-0.39, 0.29) is 5.63 Å². The van der Waals surface area contributed by atoms with Crippen LogP contribution in [0.15, 0.2) is 61.2 Å². The maximum absolute atomic E-state index is 11.8. The molecule has 130 valence electrons. The minimum atomic E-state index is -0.386. The SMILES string of the molecule is Cc1cc(=O)oc2c(C)c3oc(/C(=N/O)c4ccccc4)c(C)c3cc12. The molecule has 0 aliphatic carbocycles. The molecule has 4 rings (SSSR count). The van der Waals surface area contributed by atoms with E-state index in [2.05, 4.69) is 5.16 Å². The highest BCUT2D eigenvalue weighted by atomic mass is 16.4. The molecule has 0 atom stereocenters. The van der Waals surface area contributed by atoms with Crippen molar-refractivity contribution >= 4 is 27.7 Å². The zero-order chi connectivity index (χ0) is 18.4. The number of furan rings is 1. The maximum Gasteiger partial charge on any atom is 0.336 e. The van der Waals surface area contributed by atoms with Gasteiger partial charge in [0.1, 0.15) is 11.2 Å². The average molecular weight is 347 g/mol. The number of oxime groups is 1. The third-order valence-electron chi connectivity index (χ3n) is 4.73. The lowest BCUT2D eigenvalue weighted by Gasteiger charge is -2.04. The Balaban J connectivity index is 2.06. The van der Waals surface area contributed by atoms with Gasteiger partial charge >= 0.3 is 5.63 Å². The first-order valence-corrected chi connectivity index (χ1v) is 8.26. The minimum Gasteiger partial charge on any atom is -0.454 e. The Labute approximate surface area is 149 Å². The molecule has 0 unspecified atom stereocenters. The molecule has 0 radical (unpaired) electrons. The summed E-state index contributed by atoms with van der Waals surface area (Å²) in [7, 11) is 0. The Morgan fingerprint density at radius 2 is 1.62 bits per heavy atom. The molecule has 26 heavy (non-hydrogen) atoms. The summed E-state index contributed by atoms with van der Waals surface area (Å²) in [5.74, 6) is 0.493. The Bertz CT molecular complexity index is 1230. The smallest absolute Gasteiger partial charge is 0.336 e. The first kappa shape index (κ1) is 16.1. The summed E-state index contributed by atoms with van der Waals surface area (Å²) >= 11 is 0. The molecule has 1 N–H and O–H groups in total. The van der Waals surface area contributed by atoms with Gasteiger partial charge in [0, 0.05) is 33.5 Å². The van der Waals surface area contributed by atoms with Gasteiger partial charge in [-0.3, -0.25) is 0 Å². The van der Waals surface area contributed by atoms with Gasteiger partial charge in [0.15, 0.2) is 11.5 Å². The minimum absolute atomic E-state index is 0.362. The third kappa shape index (κ3) is 2.32. The molecule has 0 fully saturated rings. The van der Waals surface area contributed by atoms with Gasteiger partial charge in [0.05, 0.1) is 0 Å². The van der Waals surface area contributed by atoms with Crippen molar-refractivity contribution in [3.63, 3.8) is 0 Å². The molecule has 2 aromatic carbocycles. The van der Waals surface area contributed by atoms with Crippen LogP contribution in [0.25, 0.3) is 21.9 Å². The van der Waals surface area contributed by atoms with E-state index < -0.39 is 0 Å². The number of hydrogen-bond acceptors (Lipinski definition) is 5. The summed E-state index contributed by atoms with van der Waals surface area (Å²) in [5.41, 5.74) is 4.33. The molecule has 0 spiro atoms. The number of rotatable bonds is 2. The molecule has 4 aromatic rings. The van der Waals surface area contributed by atoms with Crippen molar-refractivity contribution in [2.24, 2.45) is 5.16 Å². The van der Waals surface area contributed by atoms with Gasteiger partial charge in [-0.1, -0.05) is 35.5 Å².